The van der Waals surface area contributed by atoms with E-state index in [0.717, 1.165) is 6.20 Å². The normalized spacial score (nSPS) is 16.4. The van der Waals surface area contributed by atoms with Crippen LogP contribution in [0.25, 0.3) is 0 Å². The number of hydrogen-bond acceptors (Lipinski definition) is 3. The highest BCUT2D eigenvalue weighted by molar-refractivity contribution is 5.48. The van der Waals surface area contributed by atoms with E-state index >= 15 is 0 Å². The Morgan fingerprint density at radius 3 is 2.43 bits per heavy atom. The SMILES string of the molecule is C[C@](O)(c1cnccc1N)C(F)(F)F. The quantitative estimate of drug-likeness (QED) is 0.730. The molecule has 1 heterocycles. The molecule has 0 bridgehead atoms. The topological polar surface area (TPSA) is 59.1 Å². The van der Waals surface area contributed by atoms with Gasteiger partial charge in [0.05, 0.1) is 0 Å². The molecule has 0 unspecified atom stereocenters. The van der Waals surface area contributed by atoms with Crippen LogP contribution in [0, 0.1) is 0 Å². The summed E-state index contributed by atoms with van der Waals surface area (Å²) in [6.45, 7) is 0.639. The monoisotopic (exact) mass is 206 g/mol. The van der Waals surface area contributed by atoms with Crippen LogP contribution in [0.2, 0.25) is 0 Å². The zero-order chi connectivity index (χ0) is 11.0. The van der Waals surface area contributed by atoms with Gasteiger partial charge in [-0.05, 0) is 13.0 Å². The highest BCUT2D eigenvalue weighted by atomic mass is 19.4. The largest absolute Gasteiger partial charge is 0.421 e. The van der Waals surface area contributed by atoms with Crippen LogP contribution in [0.4, 0.5) is 18.9 Å². The van der Waals surface area contributed by atoms with Gasteiger partial charge >= 0.3 is 6.18 Å². The van der Waals surface area contributed by atoms with E-state index in [1.807, 2.05) is 0 Å². The minimum Gasteiger partial charge on any atom is -0.398 e. The van der Waals surface area contributed by atoms with E-state index < -0.39 is 17.3 Å². The number of halogens is 3. The summed E-state index contributed by atoms with van der Waals surface area (Å²) in [6.07, 6.45) is -2.61. The van der Waals surface area contributed by atoms with Crippen LogP contribution in [-0.4, -0.2) is 16.3 Å². The van der Waals surface area contributed by atoms with Crippen LogP contribution in [0.1, 0.15) is 12.5 Å². The summed E-state index contributed by atoms with van der Waals surface area (Å²) >= 11 is 0. The number of rotatable bonds is 1. The third kappa shape index (κ3) is 1.65. The summed E-state index contributed by atoms with van der Waals surface area (Å²) < 4.78 is 37.1. The molecule has 0 saturated heterocycles. The van der Waals surface area contributed by atoms with Gasteiger partial charge in [0.15, 0.2) is 5.60 Å². The van der Waals surface area contributed by atoms with Gasteiger partial charge in [0.1, 0.15) is 0 Å². The van der Waals surface area contributed by atoms with E-state index in [4.69, 9.17) is 5.73 Å². The lowest BCUT2D eigenvalue weighted by atomic mass is 9.96. The lowest BCUT2D eigenvalue weighted by Gasteiger charge is -2.27. The molecule has 0 aliphatic heterocycles. The molecule has 3 N–H and O–H groups in total. The van der Waals surface area contributed by atoms with E-state index in [1.165, 1.54) is 12.3 Å². The molecule has 0 spiro atoms. The van der Waals surface area contributed by atoms with Crippen LogP contribution in [-0.2, 0) is 5.60 Å². The minimum absolute atomic E-state index is 0.137. The fourth-order valence-corrected chi connectivity index (χ4v) is 0.965. The number of hydrogen-bond donors (Lipinski definition) is 2. The molecule has 3 nitrogen and oxygen atoms in total. The fraction of sp³-hybridized carbons (Fsp3) is 0.375. The summed E-state index contributed by atoms with van der Waals surface area (Å²) in [5, 5.41) is 9.26. The summed E-state index contributed by atoms with van der Waals surface area (Å²) in [7, 11) is 0. The molecule has 0 radical (unpaired) electrons. The van der Waals surface area contributed by atoms with E-state index in [1.54, 1.807) is 0 Å². The first-order valence-corrected chi connectivity index (χ1v) is 3.76. The van der Waals surface area contributed by atoms with Gasteiger partial charge in [0, 0.05) is 23.6 Å². The summed E-state index contributed by atoms with van der Waals surface area (Å²) in [5.74, 6) is 0. The first-order valence-electron chi connectivity index (χ1n) is 3.76. The molecular formula is C8H9F3N2O. The van der Waals surface area contributed by atoms with Crippen molar-refractivity contribution < 1.29 is 18.3 Å². The predicted molar refractivity (Wildman–Crippen MR) is 44.3 cm³/mol. The van der Waals surface area contributed by atoms with Crippen LogP contribution >= 0.6 is 0 Å². The van der Waals surface area contributed by atoms with Gasteiger partial charge in [-0.1, -0.05) is 0 Å². The zero-order valence-corrected chi connectivity index (χ0v) is 7.34. The molecule has 6 heteroatoms. The van der Waals surface area contributed by atoms with E-state index in [9.17, 15) is 18.3 Å². The second kappa shape index (κ2) is 3.13. The Morgan fingerprint density at radius 1 is 1.43 bits per heavy atom. The van der Waals surface area contributed by atoms with E-state index in [0.29, 0.717) is 6.92 Å². The maximum atomic E-state index is 12.4. The number of nitrogens with zero attached hydrogens (tertiary/aromatic N) is 1. The van der Waals surface area contributed by atoms with E-state index in [2.05, 4.69) is 4.98 Å². The number of alkyl halides is 3. The molecule has 14 heavy (non-hydrogen) atoms. The van der Waals surface area contributed by atoms with Gasteiger partial charge in [-0.2, -0.15) is 13.2 Å². The molecule has 1 atom stereocenters. The second-order valence-electron chi connectivity index (χ2n) is 3.03. The van der Waals surface area contributed by atoms with Gasteiger partial charge < -0.3 is 10.8 Å². The minimum atomic E-state index is -4.77. The van der Waals surface area contributed by atoms with Crippen LogP contribution in [0.5, 0.6) is 0 Å². The van der Waals surface area contributed by atoms with Crippen molar-refractivity contribution in [1.29, 1.82) is 0 Å². The molecular weight excluding hydrogens is 197 g/mol. The zero-order valence-electron chi connectivity index (χ0n) is 7.34. The maximum Gasteiger partial charge on any atom is 0.421 e. The van der Waals surface area contributed by atoms with Crippen molar-refractivity contribution in [2.24, 2.45) is 0 Å². The number of pyridine rings is 1. The number of nitrogens with two attached hydrogens (primary N) is 1. The fourth-order valence-electron chi connectivity index (χ4n) is 0.965. The number of aromatic nitrogens is 1. The van der Waals surface area contributed by atoms with Crippen molar-refractivity contribution in [1.82, 2.24) is 4.98 Å². The average Bonchev–Trinajstić information content (AvgIpc) is 2.02. The highest BCUT2D eigenvalue weighted by Gasteiger charge is 2.52. The summed E-state index contributed by atoms with van der Waals surface area (Å²) in [6, 6.07) is 1.20. The van der Waals surface area contributed by atoms with Crippen molar-refractivity contribution >= 4 is 5.69 Å². The Morgan fingerprint density at radius 2 is 2.00 bits per heavy atom. The Labute approximate surface area is 78.4 Å². The number of anilines is 1. The maximum absolute atomic E-state index is 12.4. The van der Waals surface area contributed by atoms with Crippen LogP contribution in [0.15, 0.2) is 18.5 Å². The molecule has 0 fully saturated rings. The van der Waals surface area contributed by atoms with Gasteiger partial charge in [-0.15, -0.1) is 0 Å². The van der Waals surface area contributed by atoms with Crippen LogP contribution in [0.3, 0.4) is 0 Å². The third-order valence-electron chi connectivity index (χ3n) is 1.93. The molecule has 0 aliphatic rings. The molecule has 0 amide bonds. The van der Waals surface area contributed by atoms with Gasteiger partial charge in [0.2, 0.25) is 0 Å². The third-order valence-corrected chi connectivity index (χ3v) is 1.93. The molecule has 0 aromatic carbocycles. The summed E-state index contributed by atoms with van der Waals surface area (Å²) in [5.41, 5.74) is 1.76. The lowest BCUT2D eigenvalue weighted by molar-refractivity contribution is -0.258. The Balaban J connectivity index is 3.23. The molecule has 1 aromatic heterocycles. The molecule has 1 rings (SSSR count). The lowest BCUT2D eigenvalue weighted by Crippen LogP contribution is -2.39. The summed E-state index contributed by atoms with van der Waals surface area (Å²) in [4.78, 5) is 3.49. The van der Waals surface area contributed by atoms with Crippen molar-refractivity contribution in [3.05, 3.63) is 24.0 Å². The van der Waals surface area contributed by atoms with Gasteiger partial charge in [-0.25, -0.2) is 0 Å². The second-order valence-corrected chi connectivity index (χ2v) is 3.03. The predicted octanol–water partition coefficient (Wildman–Crippen LogP) is 1.43. The van der Waals surface area contributed by atoms with Crippen molar-refractivity contribution in [3.8, 4) is 0 Å². The molecule has 1 aromatic rings. The van der Waals surface area contributed by atoms with Gasteiger partial charge in [-0.3, -0.25) is 4.98 Å². The number of nitrogen functional groups attached to an aromatic ring is 1. The van der Waals surface area contributed by atoms with Crippen LogP contribution < -0.4 is 5.73 Å². The first kappa shape index (κ1) is 10.8. The Hall–Kier alpha value is -1.30. The Bertz CT molecular complexity index is 336. The Kier molecular flexibility index (Phi) is 2.41. The smallest absolute Gasteiger partial charge is 0.398 e. The van der Waals surface area contributed by atoms with Crippen molar-refractivity contribution in [2.45, 2.75) is 18.7 Å². The van der Waals surface area contributed by atoms with E-state index in [-0.39, 0.29) is 5.69 Å². The standard InChI is InChI=1S/C8H9F3N2O/c1-7(14,8(9,10)11)5-4-13-3-2-6(5)12/h2-4,14H,1H3,(H2,12,13)/t7-/m0/s1. The van der Waals surface area contributed by atoms with Gasteiger partial charge in [0.25, 0.3) is 0 Å². The average molecular weight is 206 g/mol. The molecule has 78 valence electrons. The number of aliphatic hydroxyl groups is 1. The van der Waals surface area contributed by atoms with Crippen molar-refractivity contribution in [2.75, 3.05) is 5.73 Å². The van der Waals surface area contributed by atoms with Crippen molar-refractivity contribution in [3.63, 3.8) is 0 Å². The first-order chi connectivity index (χ1) is 6.27. The highest BCUT2D eigenvalue weighted by Crippen LogP contribution is 2.40. The molecule has 0 aliphatic carbocycles. The molecule has 0 saturated carbocycles.